The summed E-state index contributed by atoms with van der Waals surface area (Å²) in [5.41, 5.74) is 1.50. The van der Waals surface area contributed by atoms with E-state index in [1.165, 1.54) is 13.2 Å². The number of aromatic nitrogens is 2. The number of hydrogen-bond acceptors (Lipinski definition) is 2. The van der Waals surface area contributed by atoms with Gasteiger partial charge in [0.05, 0.1) is 19.0 Å². The molecule has 90 valence electrons. The van der Waals surface area contributed by atoms with Crippen LogP contribution in [-0.2, 0) is 6.42 Å². The molecule has 2 aromatic rings. The molecular formula is C12H12ClFN2O. The number of hydrogen-bond donors (Lipinski definition) is 1. The Hall–Kier alpha value is -1.55. The smallest absolute Gasteiger partial charge is 0.165 e. The van der Waals surface area contributed by atoms with E-state index in [9.17, 15) is 4.39 Å². The number of nitrogens with one attached hydrogen (secondary N) is 1. The zero-order valence-corrected chi connectivity index (χ0v) is 10.1. The average Bonchev–Trinajstić information content (AvgIpc) is 2.78. The van der Waals surface area contributed by atoms with Gasteiger partial charge in [0.2, 0.25) is 0 Å². The van der Waals surface area contributed by atoms with E-state index < -0.39 is 5.82 Å². The normalized spacial score (nSPS) is 10.5. The lowest BCUT2D eigenvalue weighted by Gasteiger charge is -2.03. The third kappa shape index (κ3) is 2.58. The van der Waals surface area contributed by atoms with Gasteiger partial charge < -0.3 is 9.72 Å². The molecular weight excluding hydrogens is 243 g/mol. The summed E-state index contributed by atoms with van der Waals surface area (Å²) in [7, 11) is 1.44. The highest BCUT2D eigenvalue weighted by atomic mass is 35.5. The standard InChI is InChI=1S/C12H12ClFN2O/c1-17-11-3-2-8(6-9(11)14)10-7-15-12(16-10)4-5-13/h2-3,6-7H,4-5H2,1H3,(H,15,16). The molecule has 0 saturated heterocycles. The van der Waals surface area contributed by atoms with Gasteiger partial charge in [0.15, 0.2) is 11.6 Å². The lowest BCUT2D eigenvalue weighted by atomic mass is 10.1. The van der Waals surface area contributed by atoms with Crippen LogP contribution in [0, 0.1) is 5.82 Å². The van der Waals surface area contributed by atoms with Crippen molar-refractivity contribution >= 4 is 11.6 Å². The Balaban J connectivity index is 2.29. The summed E-state index contributed by atoms with van der Waals surface area (Å²) in [4.78, 5) is 7.25. The van der Waals surface area contributed by atoms with Gasteiger partial charge in [-0.3, -0.25) is 0 Å². The summed E-state index contributed by atoms with van der Waals surface area (Å²) in [6.07, 6.45) is 2.34. The summed E-state index contributed by atoms with van der Waals surface area (Å²) in [6, 6.07) is 4.78. The Bertz CT molecular complexity index is 513. The van der Waals surface area contributed by atoms with Gasteiger partial charge in [0, 0.05) is 17.9 Å². The van der Waals surface area contributed by atoms with E-state index in [4.69, 9.17) is 16.3 Å². The van der Waals surface area contributed by atoms with Gasteiger partial charge in [-0.2, -0.15) is 0 Å². The summed E-state index contributed by atoms with van der Waals surface area (Å²) in [5, 5.41) is 0. The summed E-state index contributed by atoms with van der Waals surface area (Å²) < 4.78 is 18.4. The maximum absolute atomic E-state index is 13.5. The van der Waals surface area contributed by atoms with Crippen LogP contribution in [0.3, 0.4) is 0 Å². The Kier molecular flexibility index (Phi) is 3.64. The van der Waals surface area contributed by atoms with Crippen molar-refractivity contribution in [3.8, 4) is 17.0 Å². The topological polar surface area (TPSA) is 37.9 Å². The number of rotatable bonds is 4. The fraction of sp³-hybridized carbons (Fsp3) is 0.250. The average molecular weight is 255 g/mol. The first-order valence-corrected chi connectivity index (χ1v) is 5.72. The molecule has 1 aromatic carbocycles. The number of aromatic amines is 1. The third-order valence-corrected chi connectivity index (χ3v) is 2.61. The molecule has 2 rings (SSSR count). The molecule has 1 aromatic heterocycles. The molecule has 3 nitrogen and oxygen atoms in total. The first-order chi connectivity index (χ1) is 8.24. The Morgan fingerprint density at radius 3 is 2.94 bits per heavy atom. The number of benzene rings is 1. The van der Waals surface area contributed by atoms with E-state index in [-0.39, 0.29) is 5.75 Å². The van der Waals surface area contributed by atoms with Gasteiger partial charge in [0.25, 0.3) is 0 Å². The predicted octanol–water partition coefficient (Wildman–Crippen LogP) is 3.01. The first kappa shape index (κ1) is 11.9. The molecule has 1 heterocycles. The largest absolute Gasteiger partial charge is 0.494 e. The molecule has 0 spiro atoms. The minimum atomic E-state index is -0.390. The Labute approximate surface area is 104 Å². The molecule has 0 fully saturated rings. The Morgan fingerprint density at radius 1 is 1.47 bits per heavy atom. The number of halogens is 2. The molecule has 0 aliphatic heterocycles. The van der Waals surface area contributed by atoms with Gasteiger partial charge >= 0.3 is 0 Å². The van der Waals surface area contributed by atoms with Crippen LogP contribution in [-0.4, -0.2) is 23.0 Å². The van der Waals surface area contributed by atoms with E-state index in [1.807, 2.05) is 0 Å². The zero-order valence-electron chi connectivity index (χ0n) is 9.34. The second kappa shape index (κ2) is 5.19. The SMILES string of the molecule is COc1ccc(-c2cnc(CCCl)[nH]2)cc1F. The van der Waals surface area contributed by atoms with Gasteiger partial charge in [0.1, 0.15) is 5.82 Å². The quantitative estimate of drug-likeness (QED) is 0.852. The van der Waals surface area contributed by atoms with Crippen LogP contribution < -0.4 is 4.74 Å². The van der Waals surface area contributed by atoms with Crippen LogP contribution in [0.4, 0.5) is 4.39 Å². The molecule has 0 aliphatic carbocycles. The molecule has 17 heavy (non-hydrogen) atoms. The van der Waals surface area contributed by atoms with Crippen LogP contribution in [0.5, 0.6) is 5.75 Å². The lowest BCUT2D eigenvalue weighted by Crippen LogP contribution is -1.90. The molecule has 0 saturated carbocycles. The van der Waals surface area contributed by atoms with Gasteiger partial charge in [-0.25, -0.2) is 9.37 Å². The summed E-state index contributed by atoms with van der Waals surface area (Å²) >= 11 is 5.62. The number of aryl methyl sites for hydroxylation is 1. The van der Waals surface area contributed by atoms with Crippen LogP contribution in [0.1, 0.15) is 5.82 Å². The van der Waals surface area contributed by atoms with E-state index in [2.05, 4.69) is 9.97 Å². The second-order valence-corrected chi connectivity index (χ2v) is 3.91. The lowest BCUT2D eigenvalue weighted by molar-refractivity contribution is 0.386. The van der Waals surface area contributed by atoms with Crippen molar-refractivity contribution in [2.75, 3.05) is 13.0 Å². The highest BCUT2D eigenvalue weighted by Gasteiger charge is 2.07. The molecule has 5 heteroatoms. The van der Waals surface area contributed by atoms with Crippen molar-refractivity contribution < 1.29 is 9.13 Å². The number of alkyl halides is 1. The summed E-state index contributed by atoms with van der Waals surface area (Å²) in [6.45, 7) is 0. The number of methoxy groups -OCH3 is 1. The highest BCUT2D eigenvalue weighted by molar-refractivity contribution is 6.17. The maximum Gasteiger partial charge on any atom is 0.165 e. The molecule has 0 radical (unpaired) electrons. The van der Waals surface area contributed by atoms with Crippen LogP contribution in [0.2, 0.25) is 0 Å². The molecule has 0 aliphatic rings. The molecule has 0 amide bonds. The number of imidazole rings is 1. The van der Waals surface area contributed by atoms with Gasteiger partial charge in [-0.1, -0.05) is 0 Å². The van der Waals surface area contributed by atoms with Crippen LogP contribution in [0.15, 0.2) is 24.4 Å². The van der Waals surface area contributed by atoms with E-state index >= 15 is 0 Å². The second-order valence-electron chi connectivity index (χ2n) is 3.53. The van der Waals surface area contributed by atoms with E-state index in [0.29, 0.717) is 12.3 Å². The minimum absolute atomic E-state index is 0.231. The summed E-state index contributed by atoms with van der Waals surface area (Å²) in [5.74, 6) is 1.14. The van der Waals surface area contributed by atoms with Crippen LogP contribution >= 0.6 is 11.6 Å². The fourth-order valence-corrected chi connectivity index (χ4v) is 1.74. The van der Waals surface area contributed by atoms with Crippen molar-refractivity contribution in [1.29, 1.82) is 0 Å². The van der Waals surface area contributed by atoms with Gasteiger partial charge in [-0.05, 0) is 18.2 Å². The van der Waals surface area contributed by atoms with E-state index in [0.717, 1.165) is 17.1 Å². The van der Waals surface area contributed by atoms with Gasteiger partial charge in [-0.15, -0.1) is 11.6 Å². The molecule has 1 N–H and O–H groups in total. The molecule has 0 unspecified atom stereocenters. The minimum Gasteiger partial charge on any atom is -0.494 e. The molecule has 0 bridgehead atoms. The van der Waals surface area contributed by atoms with Crippen molar-refractivity contribution in [2.45, 2.75) is 6.42 Å². The van der Waals surface area contributed by atoms with Crippen molar-refractivity contribution in [2.24, 2.45) is 0 Å². The zero-order chi connectivity index (χ0) is 12.3. The van der Waals surface area contributed by atoms with Crippen molar-refractivity contribution in [3.05, 3.63) is 36.0 Å². The highest BCUT2D eigenvalue weighted by Crippen LogP contribution is 2.24. The van der Waals surface area contributed by atoms with Crippen LogP contribution in [0.25, 0.3) is 11.3 Å². The van der Waals surface area contributed by atoms with Crippen molar-refractivity contribution in [3.63, 3.8) is 0 Å². The Morgan fingerprint density at radius 2 is 2.29 bits per heavy atom. The van der Waals surface area contributed by atoms with E-state index in [1.54, 1.807) is 18.3 Å². The maximum atomic E-state index is 13.5. The number of ether oxygens (including phenoxy) is 1. The predicted molar refractivity (Wildman–Crippen MR) is 65.0 cm³/mol. The van der Waals surface area contributed by atoms with Crippen molar-refractivity contribution in [1.82, 2.24) is 9.97 Å². The number of nitrogens with zero attached hydrogens (tertiary/aromatic N) is 1. The fourth-order valence-electron chi connectivity index (χ4n) is 1.56. The third-order valence-electron chi connectivity index (χ3n) is 2.42. The monoisotopic (exact) mass is 254 g/mol. The molecule has 0 atom stereocenters. The number of H-pyrrole nitrogens is 1. The first-order valence-electron chi connectivity index (χ1n) is 5.18.